The van der Waals surface area contributed by atoms with Gasteiger partial charge in [-0.3, -0.25) is 0 Å². The fourth-order valence-electron chi connectivity index (χ4n) is 2.11. The zero-order chi connectivity index (χ0) is 18.9. The molecule has 0 aromatic carbocycles. The number of carbonyl (C=O) groups excluding carboxylic acids is 1. The van der Waals surface area contributed by atoms with Crippen molar-refractivity contribution < 1.29 is 27.4 Å². The first-order valence-electron chi connectivity index (χ1n) is 6.89. The summed E-state index contributed by atoms with van der Waals surface area (Å²) in [6.07, 6.45) is -4.54. The number of alkyl halides is 3. The number of aromatic nitrogens is 3. The standard InChI is InChI=1S/C14H14ClF3N4O3/c1-6-10(7(2)24-3)12(21-22(6)13(19)23)25-11-9(15)4-8(5-20-11)14(16,17)18/h4-5,7H,1-3H3,(H2,19,23). The molecule has 2 N–H and O–H groups in total. The lowest BCUT2D eigenvalue weighted by Crippen LogP contribution is -2.22. The molecule has 0 radical (unpaired) electrons. The highest BCUT2D eigenvalue weighted by Crippen LogP contribution is 2.37. The van der Waals surface area contributed by atoms with Crippen LogP contribution in [-0.4, -0.2) is 27.9 Å². The van der Waals surface area contributed by atoms with Gasteiger partial charge in [0.1, 0.15) is 5.02 Å². The van der Waals surface area contributed by atoms with Gasteiger partial charge >= 0.3 is 12.2 Å². The van der Waals surface area contributed by atoms with Crippen molar-refractivity contribution in [2.75, 3.05) is 7.11 Å². The van der Waals surface area contributed by atoms with Gasteiger partial charge in [-0.2, -0.15) is 17.9 Å². The number of nitrogens with two attached hydrogens (primary N) is 1. The molecule has 2 aromatic heterocycles. The molecule has 2 heterocycles. The zero-order valence-electron chi connectivity index (χ0n) is 13.4. The third-order valence-corrected chi connectivity index (χ3v) is 3.70. The van der Waals surface area contributed by atoms with Gasteiger partial charge in [-0.25, -0.2) is 9.78 Å². The lowest BCUT2D eigenvalue weighted by molar-refractivity contribution is -0.137. The van der Waals surface area contributed by atoms with E-state index in [1.807, 2.05) is 0 Å². The lowest BCUT2D eigenvalue weighted by atomic mass is 10.1. The molecule has 2 rings (SSSR count). The van der Waals surface area contributed by atoms with Crippen LogP contribution < -0.4 is 10.5 Å². The van der Waals surface area contributed by atoms with Crippen LogP contribution in [0.3, 0.4) is 0 Å². The first-order valence-corrected chi connectivity index (χ1v) is 7.26. The Morgan fingerprint density at radius 2 is 2.04 bits per heavy atom. The first kappa shape index (κ1) is 19.0. The second kappa shape index (κ2) is 6.89. The van der Waals surface area contributed by atoms with Crippen LogP contribution in [0.5, 0.6) is 11.8 Å². The fraction of sp³-hybridized carbons (Fsp3) is 0.357. The van der Waals surface area contributed by atoms with Crippen molar-refractivity contribution in [2.45, 2.75) is 26.1 Å². The van der Waals surface area contributed by atoms with Crippen molar-refractivity contribution in [1.82, 2.24) is 14.8 Å². The number of amides is 1. The Bertz CT molecular complexity index is 807. The highest BCUT2D eigenvalue weighted by atomic mass is 35.5. The Morgan fingerprint density at radius 1 is 1.40 bits per heavy atom. The number of halogens is 4. The van der Waals surface area contributed by atoms with E-state index in [0.29, 0.717) is 23.5 Å². The molecule has 0 saturated heterocycles. The van der Waals surface area contributed by atoms with Gasteiger partial charge < -0.3 is 15.2 Å². The third-order valence-electron chi connectivity index (χ3n) is 3.43. The molecular formula is C14H14ClF3N4O3. The molecule has 0 aliphatic rings. The highest BCUT2D eigenvalue weighted by molar-refractivity contribution is 6.31. The quantitative estimate of drug-likeness (QED) is 0.876. The number of carbonyl (C=O) groups is 1. The summed E-state index contributed by atoms with van der Waals surface area (Å²) in [6.45, 7) is 3.24. The second-order valence-corrected chi connectivity index (χ2v) is 5.45. The summed E-state index contributed by atoms with van der Waals surface area (Å²) in [6, 6.07) is -0.176. The van der Waals surface area contributed by atoms with Crippen LogP contribution in [0.4, 0.5) is 18.0 Å². The average Bonchev–Trinajstić information content (AvgIpc) is 2.84. The van der Waals surface area contributed by atoms with Gasteiger partial charge in [-0.15, -0.1) is 5.10 Å². The van der Waals surface area contributed by atoms with E-state index in [1.165, 1.54) is 7.11 Å². The Morgan fingerprint density at radius 3 is 2.52 bits per heavy atom. The van der Waals surface area contributed by atoms with Crippen LogP contribution in [0.1, 0.15) is 29.8 Å². The van der Waals surface area contributed by atoms with Gasteiger partial charge in [0.25, 0.3) is 0 Å². The number of hydrogen-bond acceptors (Lipinski definition) is 5. The van der Waals surface area contributed by atoms with Crippen LogP contribution in [-0.2, 0) is 10.9 Å². The number of rotatable bonds is 4. The van der Waals surface area contributed by atoms with Gasteiger partial charge in [0.2, 0.25) is 11.8 Å². The number of methoxy groups -OCH3 is 1. The zero-order valence-corrected chi connectivity index (χ0v) is 14.1. The Labute approximate surface area is 145 Å². The summed E-state index contributed by atoms with van der Waals surface area (Å²) in [5.41, 5.74) is 4.96. The van der Waals surface area contributed by atoms with Crippen LogP contribution >= 0.6 is 11.6 Å². The van der Waals surface area contributed by atoms with E-state index in [-0.39, 0.29) is 16.8 Å². The van der Waals surface area contributed by atoms with E-state index in [1.54, 1.807) is 13.8 Å². The van der Waals surface area contributed by atoms with Gasteiger partial charge in [0.05, 0.1) is 22.9 Å². The van der Waals surface area contributed by atoms with E-state index in [4.69, 9.17) is 26.8 Å². The third kappa shape index (κ3) is 3.85. The van der Waals surface area contributed by atoms with Gasteiger partial charge in [-0.1, -0.05) is 11.6 Å². The molecule has 11 heteroatoms. The Balaban J connectivity index is 2.47. The molecule has 0 saturated carbocycles. The highest BCUT2D eigenvalue weighted by Gasteiger charge is 2.32. The van der Waals surface area contributed by atoms with Crippen LogP contribution in [0.25, 0.3) is 0 Å². The maximum absolute atomic E-state index is 12.7. The molecule has 1 unspecified atom stereocenters. The van der Waals surface area contributed by atoms with E-state index < -0.39 is 23.9 Å². The van der Waals surface area contributed by atoms with Crippen molar-refractivity contribution in [1.29, 1.82) is 0 Å². The molecule has 2 aromatic rings. The van der Waals surface area contributed by atoms with E-state index in [9.17, 15) is 18.0 Å². The summed E-state index contributed by atoms with van der Waals surface area (Å²) >= 11 is 5.82. The monoisotopic (exact) mass is 378 g/mol. The minimum atomic E-state index is -4.59. The van der Waals surface area contributed by atoms with Crippen LogP contribution in [0, 0.1) is 6.92 Å². The van der Waals surface area contributed by atoms with Crippen molar-refractivity contribution in [3.63, 3.8) is 0 Å². The van der Waals surface area contributed by atoms with E-state index in [0.717, 1.165) is 4.68 Å². The molecule has 0 fully saturated rings. The van der Waals surface area contributed by atoms with Crippen LogP contribution in [0.2, 0.25) is 5.02 Å². The largest absolute Gasteiger partial charge is 0.417 e. The summed E-state index contributed by atoms with van der Waals surface area (Å²) in [4.78, 5) is 15.0. The fourth-order valence-corrected chi connectivity index (χ4v) is 2.32. The van der Waals surface area contributed by atoms with Gasteiger partial charge in [-0.05, 0) is 19.9 Å². The molecule has 1 atom stereocenters. The SMILES string of the molecule is COC(C)c1c(Oc2ncc(C(F)(F)F)cc2Cl)nn(C(N)=O)c1C. The topological polar surface area (TPSA) is 92.3 Å². The minimum Gasteiger partial charge on any atom is -0.417 e. The number of ether oxygens (including phenoxy) is 2. The Kier molecular flexibility index (Phi) is 5.23. The molecule has 7 nitrogen and oxygen atoms in total. The molecule has 136 valence electrons. The molecule has 0 aliphatic carbocycles. The predicted octanol–water partition coefficient (Wildman–Crippen LogP) is 3.69. The van der Waals surface area contributed by atoms with Crippen molar-refractivity contribution in [2.24, 2.45) is 5.73 Å². The van der Waals surface area contributed by atoms with Crippen LogP contribution in [0.15, 0.2) is 12.3 Å². The number of pyridine rings is 1. The molecule has 25 heavy (non-hydrogen) atoms. The predicted molar refractivity (Wildman–Crippen MR) is 81.7 cm³/mol. The molecule has 0 bridgehead atoms. The van der Waals surface area contributed by atoms with E-state index in [2.05, 4.69) is 10.1 Å². The number of primary amides is 1. The lowest BCUT2D eigenvalue weighted by Gasteiger charge is -2.12. The number of nitrogens with zero attached hydrogens (tertiary/aromatic N) is 3. The van der Waals surface area contributed by atoms with Gasteiger partial charge in [0, 0.05) is 13.3 Å². The average molecular weight is 379 g/mol. The molecule has 0 aliphatic heterocycles. The summed E-state index contributed by atoms with van der Waals surface area (Å²) in [5, 5.41) is 3.54. The second-order valence-electron chi connectivity index (χ2n) is 5.04. The van der Waals surface area contributed by atoms with Crippen molar-refractivity contribution >= 4 is 17.6 Å². The van der Waals surface area contributed by atoms with Gasteiger partial charge in [0.15, 0.2) is 0 Å². The Hall–Kier alpha value is -2.33. The van der Waals surface area contributed by atoms with E-state index >= 15 is 0 Å². The molecule has 0 spiro atoms. The first-order chi connectivity index (χ1) is 11.6. The van der Waals surface area contributed by atoms with Crippen molar-refractivity contribution in [3.05, 3.63) is 34.1 Å². The maximum Gasteiger partial charge on any atom is 0.417 e. The minimum absolute atomic E-state index is 0.0974. The number of hydrogen-bond donors (Lipinski definition) is 1. The summed E-state index contributed by atoms with van der Waals surface area (Å²) in [5.74, 6) is -0.395. The van der Waals surface area contributed by atoms with Crippen molar-refractivity contribution in [3.8, 4) is 11.8 Å². The molecular weight excluding hydrogens is 365 g/mol. The summed E-state index contributed by atoms with van der Waals surface area (Å²) < 4.78 is 49.5. The molecule has 1 amide bonds. The maximum atomic E-state index is 12.7. The normalized spacial score (nSPS) is 12.9. The summed E-state index contributed by atoms with van der Waals surface area (Å²) in [7, 11) is 1.43. The smallest absolute Gasteiger partial charge is 0.417 e.